The van der Waals surface area contributed by atoms with Crippen molar-refractivity contribution < 1.29 is 18.3 Å². The Morgan fingerprint density at radius 2 is 2.06 bits per heavy atom. The summed E-state index contributed by atoms with van der Waals surface area (Å²) in [6, 6.07) is 4.40. The lowest BCUT2D eigenvalue weighted by Gasteiger charge is -2.09. The third-order valence-electron chi connectivity index (χ3n) is 1.73. The van der Waals surface area contributed by atoms with Gasteiger partial charge in [0.15, 0.2) is 0 Å². The Morgan fingerprint density at radius 1 is 1.44 bits per heavy atom. The summed E-state index contributed by atoms with van der Waals surface area (Å²) in [5.74, 6) is -1.19. The van der Waals surface area contributed by atoms with E-state index in [4.69, 9.17) is 5.11 Å². The molecular weight excluding hydrogens is 347 g/mol. The molecule has 0 heterocycles. The van der Waals surface area contributed by atoms with Crippen LogP contribution in [0.25, 0.3) is 0 Å². The first-order valence-corrected chi connectivity index (χ1v) is 6.66. The van der Waals surface area contributed by atoms with Crippen LogP contribution in [0, 0.1) is 3.57 Å². The maximum Gasteiger partial charge on any atom is 0.337 e. The number of rotatable bonds is 4. The Balaban J connectivity index is 3.19. The normalized spacial score (nSPS) is 11.1. The van der Waals surface area contributed by atoms with E-state index in [1.807, 2.05) is 27.3 Å². The molecule has 88 valence electrons. The summed E-state index contributed by atoms with van der Waals surface area (Å²) in [7, 11) is -2.48. The molecule has 0 saturated heterocycles. The fourth-order valence-corrected chi connectivity index (χ4v) is 2.04. The fraction of sp³-hybridized carbons (Fsp3) is 0.125. The molecule has 0 atom stereocenters. The first kappa shape index (κ1) is 13.2. The molecule has 0 spiro atoms. The minimum Gasteiger partial charge on any atom is -0.478 e. The van der Waals surface area contributed by atoms with Crippen LogP contribution in [0.1, 0.15) is 10.4 Å². The van der Waals surface area contributed by atoms with Crippen molar-refractivity contribution in [3.05, 3.63) is 27.3 Å². The van der Waals surface area contributed by atoms with E-state index in [0.29, 0.717) is 3.57 Å². The zero-order chi connectivity index (χ0) is 12.3. The number of carbonyl (C=O) groups is 1. The number of aromatic carboxylic acids is 1. The van der Waals surface area contributed by atoms with Gasteiger partial charge in [0.2, 0.25) is 0 Å². The molecule has 0 fully saturated rings. The van der Waals surface area contributed by atoms with Crippen LogP contribution in [-0.2, 0) is 10.2 Å². The second-order valence-corrected chi connectivity index (χ2v) is 5.67. The molecule has 0 amide bonds. The highest BCUT2D eigenvalue weighted by Crippen LogP contribution is 2.19. The highest BCUT2D eigenvalue weighted by Gasteiger charge is 2.14. The van der Waals surface area contributed by atoms with E-state index in [0.717, 1.165) is 0 Å². The van der Waals surface area contributed by atoms with Gasteiger partial charge in [0.1, 0.15) is 0 Å². The summed E-state index contributed by atoms with van der Waals surface area (Å²) in [5, 5.41) is 8.90. The molecule has 1 aromatic carbocycles. The molecule has 1 rings (SSSR count). The van der Waals surface area contributed by atoms with Crippen LogP contribution < -0.4 is 9.44 Å². The number of hydrogen-bond donors (Lipinski definition) is 3. The second kappa shape index (κ2) is 4.97. The number of halogens is 1. The van der Waals surface area contributed by atoms with Gasteiger partial charge in [-0.1, -0.05) is 0 Å². The van der Waals surface area contributed by atoms with Crippen LogP contribution in [-0.4, -0.2) is 26.5 Å². The number of anilines is 1. The highest BCUT2D eigenvalue weighted by atomic mass is 127. The molecule has 8 heteroatoms. The topological polar surface area (TPSA) is 95.5 Å². The Bertz CT molecular complexity index is 515. The van der Waals surface area contributed by atoms with E-state index in [-0.39, 0.29) is 11.3 Å². The van der Waals surface area contributed by atoms with Gasteiger partial charge < -0.3 is 5.11 Å². The van der Waals surface area contributed by atoms with Crippen molar-refractivity contribution in [2.24, 2.45) is 0 Å². The van der Waals surface area contributed by atoms with Crippen molar-refractivity contribution in [3.8, 4) is 0 Å². The van der Waals surface area contributed by atoms with Crippen molar-refractivity contribution in [2.45, 2.75) is 0 Å². The monoisotopic (exact) mass is 356 g/mol. The van der Waals surface area contributed by atoms with Crippen LogP contribution in [0.15, 0.2) is 18.2 Å². The van der Waals surface area contributed by atoms with E-state index < -0.39 is 16.2 Å². The van der Waals surface area contributed by atoms with Gasteiger partial charge >= 0.3 is 5.97 Å². The molecule has 6 nitrogen and oxygen atoms in total. The molecule has 16 heavy (non-hydrogen) atoms. The highest BCUT2D eigenvalue weighted by molar-refractivity contribution is 14.1. The number of carboxylic acid groups (broad SMARTS) is 1. The smallest absolute Gasteiger partial charge is 0.337 e. The predicted octanol–water partition coefficient (Wildman–Crippen LogP) is 0.865. The van der Waals surface area contributed by atoms with Gasteiger partial charge in [0, 0.05) is 10.6 Å². The van der Waals surface area contributed by atoms with Crippen LogP contribution in [0.5, 0.6) is 0 Å². The number of nitrogens with one attached hydrogen (secondary N) is 2. The maximum atomic E-state index is 11.2. The van der Waals surface area contributed by atoms with Crippen LogP contribution in [0.4, 0.5) is 5.69 Å². The molecule has 0 radical (unpaired) electrons. The standard InChI is InChI=1S/C8H9IN2O4S/c1-10-16(14,15)11-7-3-2-5(9)4-6(7)8(12)13/h2-4,10-11H,1H3,(H,12,13). The molecule has 0 bridgehead atoms. The Kier molecular flexibility index (Phi) is 4.10. The number of benzene rings is 1. The summed E-state index contributed by atoms with van der Waals surface area (Å²) in [6.07, 6.45) is 0. The molecule has 0 aliphatic rings. The maximum absolute atomic E-state index is 11.2. The van der Waals surface area contributed by atoms with Gasteiger partial charge in [0.05, 0.1) is 11.3 Å². The van der Waals surface area contributed by atoms with Crippen molar-refractivity contribution in [3.63, 3.8) is 0 Å². The minimum absolute atomic E-state index is 0.0299. The Hall–Kier alpha value is -0.870. The summed E-state index contributed by atoms with van der Waals surface area (Å²) in [4.78, 5) is 10.9. The number of hydrogen-bond acceptors (Lipinski definition) is 3. The lowest BCUT2D eigenvalue weighted by Crippen LogP contribution is -2.27. The quantitative estimate of drug-likeness (QED) is 0.698. The van der Waals surface area contributed by atoms with Crippen LogP contribution >= 0.6 is 22.6 Å². The zero-order valence-electron chi connectivity index (χ0n) is 8.19. The molecule has 0 aliphatic carbocycles. The van der Waals surface area contributed by atoms with Crippen LogP contribution in [0.2, 0.25) is 0 Å². The fourth-order valence-electron chi connectivity index (χ4n) is 0.978. The predicted molar refractivity (Wildman–Crippen MR) is 67.7 cm³/mol. The third-order valence-corrected chi connectivity index (χ3v) is 3.42. The molecular formula is C8H9IN2O4S. The first-order valence-electron chi connectivity index (χ1n) is 4.10. The molecule has 0 aliphatic heterocycles. The lowest BCUT2D eigenvalue weighted by molar-refractivity contribution is 0.0698. The van der Waals surface area contributed by atoms with E-state index in [1.54, 1.807) is 6.07 Å². The Labute approximate surface area is 106 Å². The molecule has 1 aromatic rings. The van der Waals surface area contributed by atoms with E-state index >= 15 is 0 Å². The Morgan fingerprint density at radius 3 is 2.56 bits per heavy atom. The minimum atomic E-state index is -3.71. The summed E-state index contributed by atoms with van der Waals surface area (Å²) >= 11 is 1.95. The second-order valence-electron chi connectivity index (χ2n) is 2.80. The van der Waals surface area contributed by atoms with Gasteiger partial charge in [-0.3, -0.25) is 4.72 Å². The molecule has 0 saturated carbocycles. The average Bonchev–Trinajstić information content (AvgIpc) is 2.20. The average molecular weight is 356 g/mol. The molecule has 0 unspecified atom stereocenters. The van der Waals surface area contributed by atoms with Crippen molar-refractivity contribution >= 4 is 44.5 Å². The van der Waals surface area contributed by atoms with Gasteiger partial charge in [-0.15, -0.1) is 0 Å². The first-order chi connectivity index (χ1) is 7.35. The molecule has 0 aromatic heterocycles. The van der Waals surface area contributed by atoms with Crippen molar-refractivity contribution in [1.82, 2.24) is 4.72 Å². The van der Waals surface area contributed by atoms with Crippen molar-refractivity contribution in [1.29, 1.82) is 0 Å². The van der Waals surface area contributed by atoms with Crippen LogP contribution in [0.3, 0.4) is 0 Å². The lowest BCUT2D eigenvalue weighted by atomic mass is 10.2. The van der Waals surface area contributed by atoms with E-state index in [9.17, 15) is 13.2 Å². The molecule has 3 N–H and O–H groups in total. The summed E-state index contributed by atoms with van der Waals surface area (Å²) < 4.78 is 27.3. The van der Waals surface area contributed by atoms with E-state index in [2.05, 4.69) is 4.72 Å². The van der Waals surface area contributed by atoms with Gasteiger partial charge in [-0.2, -0.15) is 8.42 Å². The third kappa shape index (κ3) is 3.32. The zero-order valence-corrected chi connectivity index (χ0v) is 11.2. The SMILES string of the molecule is CNS(=O)(=O)Nc1ccc(I)cc1C(=O)O. The van der Waals surface area contributed by atoms with Gasteiger partial charge in [0.25, 0.3) is 10.2 Å². The summed E-state index contributed by atoms with van der Waals surface area (Å²) in [6.45, 7) is 0. The number of carboxylic acids is 1. The van der Waals surface area contributed by atoms with Gasteiger partial charge in [-0.05, 0) is 40.8 Å². The summed E-state index contributed by atoms with van der Waals surface area (Å²) in [5.41, 5.74) is -0.0620. The van der Waals surface area contributed by atoms with Gasteiger partial charge in [-0.25, -0.2) is 9.52 Å². The van der Waals surface area contributed by atoms with E-state index in [1.165, 1.54) is 19.2 Å². The largest absolute Gasteiger partial charge is 0.478 e. The van der Waals surface area contributed by atoms with Crippen molar-refractivity contribution in [2.75, 3.05) is 11.8 Å².